The predicted molar refractivity (Wildman–Crippen MR) is 71.1 cm³/mol. The first-order chi connectivity index (χ1) is 8.74. The lowest BCUT2D eigenvalue weighted by Crippen LogP contribution is -2.42. The lowest BCUT2D eigenvalue weighted by molar-refractivity contribution is -0.122. The van der Waals surface area contributed by atoms with Crippen molar-refractivity contribution in [3.8, 4) is 0 Å². The average Bonchev–Trinajstić information content (AvgIpc) is 3.10. The van der Waals surface area contributed by atoms with Crippen LogP contribution in [0.3, 0.4) is 0 Å². The fourth-order valence-electron chi connectivity index (χ4n) is 2.17. The summed E-state index contributed by atoms with van der Waals surface area (Å²) in [4.78, 5) is 15.0. The van der Waals surface area contributed by atoms with E-state index in [1.165, 1.54) is 0 Å². The Balaban J connectivity index is 1.72. The molecular weight excluding hydrogens is 226 g/mol. The summed E-state index contributed by atoms with van der Waals surface area (Å²) in [6.07, 6.45) is 4.69. The van der Waals surface area contributed by atoms with Gasteiger partial charge < -0.3 is 16.0 Å². The van der Waals surface area contributed by atoms with Crippen molar-refractivity contribution in [3.05, 3.63) is 36.0 Å². The van der Waals surface area contributed by atoms with Crippen molar-refractivity contribution in [3.63, 3.8) is 0 Å². The van der Waals surface area contributed by atoms with E-state index in [-0.39, 0.29) is 5.91 Å². The van der Waals surface area contributed by atoms with Gasteiger partial charge in [-0.1, -0.05) is 18.2 Å². The van der Waals surface area contributed by atoms with Gasteiger partial charge in [0.25, 0.3) is 0 Å². The summed E-state index contributed by atoms with van der Waals surface area (Å²) in [6, 6.07) is 7.95. The molecule has 1 aliphatic carbocycles. The number of nitrogens with one attached hydrogen (secondary N) is 2. The molecule has 0 bridgehead atoms. The Morgan fingerprint density at radius 3 is 3.00 bits per heavy atom. The second-order valence-electron chi connectivity index (χ2n) is 4.95. The first-order valence-electron chi connectivity index (χ1n) is 6.35. The standard InChI is InChI=1S/C14H17N3O/c15-12(14(18)17-10-5-6-10)7-9-8-16-13-4-2-1-3-11(9)13/h1-4,8,10,12,16H,5-7,15H2,(H,17,18)/t12-/m1/s1. The SMILES string of the molecule is N[C@H](Cc1c[nH]c2ccccc12)C(=O)NC1CC1. The van der Waals surface area contributed by atoms with E-state index in [1.54, 1.807) is 0 Å². The van der Waals surface area contributed by atoms with E-state index >= 15 is 0 Å². The van der Waals surface area contributed by atoms with Crippen LogP contribution in [0.2, 0.25) is 0 Å². The van der Waals surface area contributed by atoms with Gasteiger partial charge in [-0.3, -0.25) is 4.79 Å². The number of benzene rings is 1. The fraction of sp³-hybridized carbons (Fsp3) is 0.357. The summed E-state index contributed by atoms with van der Waals surface area (Å²) in [5.74, 6) is -0.0391. The van der Waals surface area contributed by atoms with Gasteiger partial charge in [-0.25, -0.2) is 0 Å². The van der Waals surface area contributed by atoms with Gasteiger partial charge >= 0.3 is 0 Å². The molecule has 1 atom stereocenters. The van der Waals surface area contributed by atoms with E-state index in [0.29, 0.717) is 12.5 Å². The zero-order valence-electron chi connectivity index (χ0n) is 10.1. The summed E-state index contributed by atoms with van der Waals surface area (Å²) in [7, 11) is 0. The number of aromatic nitrogens is 1. The van der Waals surface area contributed by atoms with Crippen molar-refractivity contribution >= 4 is 16.8 Å². The second-order valence-corrected chi connectivity index (χ2v) is 4.95. The van der Waals surface area contributed by atoms with Gasteiger partial charge in [-0.05, 0) is 30.9 Å². The molecule has 0 unspecified atom stereocenters. The minimum atomic E-state index is -0.468. The van der Waals surface area contributed by atoms with Gasteiger partial charge in [0.05, 0.1) is 6.04 Å². The van der Waals surface area contributed by atoms with Crippen LogP contribution in [0.4, 0.5) is 0 Å². The van der Waals surface area contributed by atoms with Crippen molar-refractivity contribution in [2.45, 2.75) is 31.3 Å². The fourth-order valence-corrected chi connectivity index (χ4v) is 2.17. The maximum atomic E-state index is 11.8. The molecule has 18 heavy (non-hydrogen) atoms. The molecule has 1 heterocycles. The van der Waals surface area contributed by atoms with Crippen LogP contribution in [0, 0.1) is 0 Å². The Morgan fingerprint density at radius 1 is 1.44 bits per heavy atom. The van der Waals surface area contributed by atoms with E-state index in [1.807, 2.05) is 30.5 Å². The third-order valence-electron chi connectivity index (χ3n) is 3.38. The van der Waals surface area contributed by atoms with Crippen molar-refractivity contribution < 1.29 is 4.79 Å². The summed E-state index contributed by atoms with van der Waals surface area (Å²) < 4.78 is 0. The molecular formula is C14H17N3O. The van der Waals surface area contributed by atoms with Crippen molar-refractivity contribution in [2.24, 2.45) is 5.73 Å². The Morgan fingerprint density at radius 2 is 2.22 bits per heavy atom. The molecule has 1 aliphatic rings. The number of para-hydroxylation sites is 1. The second kappa shape index (κ2) is 4.46. The molecule has 94 valence electrons. The summed E-state index contributed by atoms with van der Waals surface area (Å²) in [5, 5.41) is 4.09. The quantitative estimate of drug-likeness (QED) is 0.757. The molecule has 2 aromatic rings. The first kappa shape index (κ1) is 11.3. The summed E-state index contributed by atoms with van der Waals surface area (Å²) >= 11 is 0. The normalized spacial score (nSPS) is 16.7. The molecule has 1 aromatic heterocycles. The van der Waals surface area contributed by atoms with E-state index < -0.39 is 6.04 Å². The summed E-state index contributed by atoms with van der Waals surface area (Å²) in [5.41, 5.74) is 8.14. The number of rotatable bonds is 4. The Bertz CT molecular complexity index is 571. The molecule has 1 aromatic carbocycles. The third kappa shape index (κ3) is 2.24. The molecule has 1 fully saturated rings. The Labute approximate surface area is 106 Å². The minimum absolute atomic E-state index is 0.0391. The van der Waals surface area contributed by atoms with Crippen LogP contribution in [-0.4, -0.2) is 23.0 Å². The van der Waals surface area contributed by atoms with E-state index in [9.17, 15) is 4.79 Å². The Kier molecular flexibility index (Phi) is 2.80. The maximum Gasteiger partial charge on any atom is 0.237 e. The van der Waals surface area contributed by atoms with Gasteiger partial charge in [0, 0.05) is 23.1 Å². The number of nitrogens with two attached hydrogens (primary N) is 1. The molecule has 1 saturated carbocycles. The van der Waals surface area contributed by atoms with Crippen LogP contribution in [0.1, 0.15) is 18.4 Å². The topological polar surface area (TPSA) is 70.9 Å². The highest BCUT2D eigenvalue weighted by Crippen LogP contribution is 2.20. The van der Waals surface area contributed by atoms with Crippen LogP contribution < -0.4 is 11.1 Å². The molecule has 0 aliphatic heterocycles. The van der Waals surface area contributed by atoms with Gasteiger partial charge in [-0.2, -0.15) is 0 Å². The van der Waals surface area contributed by atoms with Crippen LogP contribution in [-0.2, 0) is 11.2 Å². The Hall–Kier alpha value is -1.81. The molecule has 0 saturated heterocycles. The smallest absolute Gasteiger partial charge is 0.237 e. The van der Waals surface area contributed by atoms with Crippen LogP contribution >= 0.6 is 0 Å². The van der Waals surface area contributed by atoms with Crippen molar-refractivity contribution in [1.29, 1.82) is 0 Å². The van der Waals surface area contributed by atoms with Crippen LogP contribution in [0.5, 0.6) is 0 Å². The lowest BCUT2D eigenvalue weighted by atomic mass is 10.1. The van der Waals surface area contributed by atoms with E-state index in [2.05, 4.69) is 10.3 Å². The van der Waals surface area contributed by atoms with Crippen molar-refractivity contribution in [2.75, 3.05) is 0 Å². The van der Waals surface area contributed by atoms with Crippen molar-refractivity contribution in [1.82, 2.24) is 10.3 Å². The van der Waals surface area contributed by atoms with Gasteiger partial charge in [0.15, 0.2) is 0 Å². The number of fused-ring (bicyclic) bond motifs is 1. The lowest BCUT2D eigenvalue weighted by Gasteiger charge is -2.11. The molecule has 4 nitrogen and oxygen atoms in total. The van der Waals surface area contributed by atoms with E-state index in [4.69, 9.17) is 5.73 Å². The van der Waals surface area contributed by atoms with Gasteiger partial charge in [0.1, 0.15) is 0 Å². The first-order valence-corrected chi connectivity index (χ1v) is 6.35. The number of carbonyl (C=O) groups is 1. The largest absolute Gasteiger partial charge is 0.361 e. The van der Waals surface area contributed by atoms with Gasteiger partial charge in [-0.15, -0.1) is 0 Å². The summed E-state index contributed by atoms with van der Waals surface area (Å²) in [6.45, 7) is 0. The van der Waals surface area contributed by atoms with Crippen LogP contribution in [0.15, 0.2) is 30.5 Å². The van der Waals surface area contributed by atoms with Crippen LogP contribution in [0.25, 0.3) is 10.9 Å². The average molecular weight is 243 g/mol. The number of amides is 1. The predicted octanol–water partition coefficient (Wildman–Crippen LogP) is 1.32. The minimum Gasteiger partial charge on any atom is -0.361 e. The zero-order valence-corrected chi connectivity index (χ0v) is 10.1. The highest BCUT2D eigenvalue weighted by molar-refractivity contribution is 5.86. The van der Waals surface area contributed by atoms with Gasteiger partial charge in [0.2, 0.25) is 5.91 Å². The highest BCUT2D eigenvalue weighted by atomic mass is 16.2. The molecule has 4 N–H and O–H groups in total. The number of hydrogen-bond donors (Lipinski definition) is 3. The number of hydrogen-bond acceptors (Lipinski definition) is 2. The monoisotopic (exact) mass is 243 g/mol. The third-order valence-corrected chi connectivity index (χ3v) is 3.38. The molecule has 3 rings (SSSR count). The molecule has 0 radical (unpaired) electrons. The highest BCUT2D eigenvalue weighted by Gasteiger charge is 2.26. The maximum absolute atomic E-state index is 11.8. The molecule has 4 heteroatoms. The number of carbonyl (C=O) groups excluding carboxylic acids is 1. The number of aromatic amines is 1. The molecule has 1 amide bonds. The van der Waals surface area contributed by atoms with E-state index in [0.717, 1.165) is 29.3 Å². The zero-order chi connectivity index (χ0) is 12.5. The molecule has 0 spiro atoms. The number of H-pyrrole nitrogens is 1.